The van der Waals surface area contributed by atoms with Crippen molar-refractivity contribution in [1.29, 1.82) is 0 Å². The Morgan fingerprint density at radius 2 is 2.14 bits per heavy atom. The van der Waals surface area contributed by atoms with Crippen LogP contribution >= 0.6 is 11.6 Å². The summed E-state index contributed by atoms with van der Waals surface area (Å²) in [5.74, 6) is 1.21. The highest BCUT2D eigenvalue weighted by atomic mass is 35.5. The minimum atomic E-state index is 0.0635. The summed E-state index contributed by atoms with van der Waals surface area (Å²) in [5.41, 5.74) is 4.97. The van der Waals surface area contributed by atoms with Crippen LogP contribution < -0.4 is 10.1 Å². The van der Waals surface area contributed by atoms with Gasteiger partial charge in [0.2, 0.25) is 0 Å². The highest BCUT2D eigenvalue weighted by Crippen LogP contribution is 2.35. The molecule has 4 heterocycles. The lowest BCUT2D eigenvalue weighted by Crippen LogP contribution is -2.29. The Kier molecular flexibility index (Phi) is 5.81. The molecule has 8 heteroatoms. The van der Waals surface area contributed by atoms with Gasteiger partial charge in [0, 0.05) is 38.6 Å². The lowest BCUT2D eigenvalue weighted by Gasteiger charge is -2.28. The number of rotatable bonds is 6. The van der Waals surface area contributed by atoms with E-state index in [1.807, 2.05) is 31.0 Å². The molecule has 1 aliphatic rings. The van der Waals surface area contributed by atoms with E-state index in [0.717, 1.165) is 66.4 Å². The van der Waals surface area contributed by atoms with Gasteiger partial charge in [-0.25, -0.2) is 4.52 Å². The van der Waals surface area contributed by atoms with Crippen LogP contribution in [0.5, 0.6) is 5.75 Å². The van der Waals surface area contributed by atoms with Crippen molar-refractivity contribution < 1.29 is 9.47 Å². The summed E-state index contributed by atoms with van der Waals surface area (Å²) in [6, 6.07) is 2.04. The van der Waals surface area contributed by atoms with Gasteiger partial charge in [-0.2, -0.15) is 10.2 Å². The third-order valence-electron chi connectivity index (χ3n) is 5.82. The molecule has 1 N–H and O–H groups in total. The fourth-order valence-corrected chi connectivity index (χ4v) is 4.33. The molecule has 156 valence electrons. The van der Waals surface area contributed by atoms with Crippen LogP contribution in [0.1, 0.15) is 31.0 Å². The molecule has 7 nitrogen and oxygen atoms in total. The van der Waals surface area contributed by atoms with Gasteiger partial charge >= 0.3 is 0 Å². The van der Waals surface area contributed by atoms with Crippen molar-refractivity contribution >= 4 is 17.1 Å². The van der Waals surface area contributed by atoms with Crippen LogP contribution in [0, 0.1) is 12.8 Å². The Hall–Kier alpha value is -2.09. The van der Waals surface area contributed by atoms with E-state index in [9.17, 15) is 0 Å². The normalized spacial score (nSPS) is 16.4. The van der Waals surface area contributed by atoms with Gasteiger partial charge in [0.05, 0.1) is 28.7 Å². The number of ether oxygens (including phenoxy) is 2. The van der Waals surface area contributed by atoms with E-state index < -0.39 is 0 Å². The molecule has 4 rings (SSSR count). The first-order chi connectivity index (χ1) is 14.0. The molecule has 1 fully saturated rings. The lowest BCUT2D eigenvalue weighted by molar-refractivity contribution is 0.0242. The second-order valence-electron chi connectivity index (χ2n) is 7.73. The molecule has 3 aromatic heterocycles. The van der Waals surface area contributed by atoms with E-state index in [0.29, 0.717) is 10.9 Å². The summed E-state index contributed by atoms with van der Waals surface area (Å²) in [5, 5.41) is 13.0. The Morgan fingerprint density at radius 3 is 2.86 bits per heavy atom. The van der Waals surface area contributed by atoms with Gasteiger partial charge in [-0.1, -0.05) is 11.6 Å². The second kappa shape index (κ2) is 8.34. The molecule has 0 spiro atoms. The van der Waals surface area contributed by atoms with E-state index in [2.05, 4.69) is 24.3 Å². The summed E-state index contributed by atoms with van der Waals surface area (Å²) >= 11 is 6.44. The topological polar surface area (TPSA) is 65.6 Å². The molecule has 0 aromatic carbocycles. The fraction of sp³-hybridized carbons (Fsp3) is 0.524. The summed E-state index contributed by atoms with van der Waals surface area (Å²) in [4.78, 5) is 0. The SMILES string of the molecule is CNCc1c(C)c(-c2cc(OC(C)C3CCOCC3)c3c(Cl)cnn3c2)nn1C. The maximum absolute atomic E-state index is 6.45. The van der Waals surface area contributed by atoms with Gasteiger partial charge < -0.3 is 14.8 Å². The monoisotopic (exact) mass is 417 g/mol. The van der Waals surface area contributed by atoms with Crippen LogP contribution in [0.4, 0.5) is 0 Å². The number of nitrogens with one attached hydrogen (secondary N) is 1. The molecule has 1 aliphatic heterocycles. The standard InChI is InChI=1S/C21H28ClN5O2/c1-13-18(11-23-3)26(4)25-20(13)16-9-19(21-17(22)10-24-27(21)12-16)29-14(2)15-5-7-28-8-6-15/h9-10,12,14-15,23H,5-8,11H2,1-4H3. The molecule has 1 saturated heterocycles. The number of pyridine rings is 1. The number of nitrogens with zero attached hydrogens (tertiary/aromatic N) is 4. The van der Waals surface area contributed by atoms with Gasteiger partial charge in [-0.05, 0) is 51.3 Å². The zero-order valence-corrected chi connectivity index (χ0v) is 18.2. The van der Waals surface area contributed by atoms with E-state index >= 15 is 0 Å². The van der Waals surface area contributed by atoms with E-state index in [-0.39, 0.29) is 6.10 Å². The van der Waals surface area contributed by atoms with Crippen LogP contribution in [-0.4, -0.2) is 45.8 Å². The number of aryl methyl sites for hydroxylation is 1. The van der Waals surface area contributed by atoms with Gasteiger partial charge in [0.15, 0.2) is 0 Å². The highest BCUT2D eigenvalue weighted by Gasteiger charge is 2.24. The number of aromatic nitrogens is 4. The molecular weight excluding hydrogens is 390 g/mol. The average molecular weight is 418 g/mol. The first kappa shape index (κ1) is 20.2. The van der Waals surface area contributed by atoms with Gasteiger partial charge in [0.25, 0.3) is 0 Å². The van der Waals surface area contributed by atoms with Crippen molar-refractivity contribution in [3.05, 3.63) is 34.7 Å². The largest absolute Gasteiger partial charge is 0.488 e. The van der Waals surface area contributed by atoms with E-state index in [1.165, 1.54) is 0 Å². The summed E-state index contributed by atoms with van der Waals surface area (Å²) in [6.45, 7) is 6.57. The molecular formula is C21H28ClN5O2. The smallest absolute Gasteiger partial charge is 0.147 e. The zero-order valence-electron chi connectivity index (χ0n) is 17.4. The van der Waals surface area contributed by atoms with Gasteiger partial charge in [-0.3, -0.25) is 4.68 Å². The van der Waals surface area contributed by atoms with Crippen LogP contribution in [0.2, 0.25) is 5.02 Å². The molecule has 0 radical (unpaired) electrons. The molecule has 29 heavy (non-hydrogen) atoms. The van der Waals surface area contributed by atoms with Crippen molar-refractivity contribution in [2.24, 2.45) is 13.0 Å². The Morgan fingerprint density at radius 1 is 1.38 bits per heavy atom. The average Bonchev–Trinajstić information content (AvgIpc) is 3.23. The Balaban J connectivity index is 1.74. The molecule has 3 aromatic rings. The summed E-state index contributed by atoms with van der Waals surface area (Å²) < 4.78 is 15.6. The maximum Gasteiger partial charge on any atom is 0.147 e. The summed E-state index contributed by atoms with van der Waals surface area (Å²) in [7, 11) is 3.91. The molecule has 0 aliphatic carbocycles. The predicted molar refractivity (Wildman–Crippen MR) is 114 cm³/mol. The Labute approximate surface area is 175 Å². The van der Waals surface area contributed by atoms with E-state index in [4.69, 9.17) is 26.2 Å². The highest BCUT2D eigenvalue weighted by molar-refractivity contribution is 6.34. The Bertz CT molecular complexity index is 1010. The van der Waals surface area contributed by atoms with E-state index in [1.54, 1.807) is 10.7 Å². The minimum absolute atomic E-state index is 0.0635. The molecule has 1 atom stereocenters. The van der Waals surface area contributed by atoms with Gasteiger partial charge in [-0.15, -0.1) is 0 Å². The van der Waals surface area contributed by atoms with Crippen LogP contribution in [0.15, 0.2) is 18.5 Å². The van der Waals surface area contributed by atoms with Crippen molar-refractivity contribution in [3.8, 4) is 17.0 Å². The summed E-state index contributed by atoms with van der Waals surface area (Å²) in [6.07, 6.45) is 5.71. The second-order valence-corrected chi connectivity index (χ2v) is 8.13. The van der Waals surface area contributed by atoms with Crippen LogP contribution in [-0.2, 0) is 18.3 Å². The molecule has 1 unspecified atom stereocenters. The van der Waals surface area contributed by atoms with Crippen molar-refractivity contribution in [1.82, 2.24) is 24.7 Å². The number of halogens is 1. The quantitative estimate of drug-likeness (QED) is 0.663. The minimum Gasteiger partial charge on any atom is -0.488 e. The van der Waals surface area contributed by atoms with Crippen molar-refractivity contribution in [2.45, 2.75) is 39.3 Å². The van der Waals surface area contributed by atoms with Crippen LogP contribution in [0.25, 0.3) is 16.8 Å². The molecule has 0 saturated carbocycles. The van der Waals surface area contributed by atoms with Gasteiger partial charge in [0.1, 0.15) is 11.3 Å². The predicted octanol–water partition coefficient (Wildman–Crippen LogP) is 3.61. The third kappa shape index (κ3) is 3.86. The first-order valence-electron chi connectivity index (χ1n) is 10.1. The zero-order chi connectivity index (χ0) is 20.5. The molecule has 0 bridgehead atoms. The van der Waals surface area contributed by atoms with Crippen LogP contribution in [0.3, 0.4) is 0 Å². The lowest BCUT2D eigenvalue weighted by atomic mass is 9.95. The third-order valence-corrected chi connectivity index (χ3v) is 6.10. The number of hydrogen-bond acceptors (Lipinski definition) is 5. The number of fused-ring (bicyclic) bond motifs is 1. The maximum atomic E-state index is 6.45. The van der Waals surface area contributed by atoms with Crippen molar-refractivity contribution in [2.75, 3.05) is 20.3 Å². The molecule has 0 amide bonds. The first-order valence-corrected chi connectivity index (χ1v) is 10.5. The fourth-order valence-electron chi connectivity index (χ4n) is 4.10. The number of hydrogen-bond donors (Lipinski definition) is 1. The van der Waals surface area contributed by atoms with Crippen molar-refractivity contribution in [3.63, 3.8) is 0 Å².